The molecule has 0 bridgehead atoms. The van der Waals surface area contributed by atoms with Crippen molar-refractivity contribution in [3.8, 4) is 0 Å². The molecule has 1 rings (SSSR count). The van der Waals surface area contributed by atoms with Crippen LogP contribution in [0.1, 0.15) is 31.8 Å². The van der Waals surface area contributed by atoms with Crippen LogP contribution in [0.25, 0.3) is 0 Å². The van der Waals surface area contributed by atoms with Crippen molar-refractivity contribution in [2.45, 2.75) is 40.2 Å². The predicted octanol–water partition coefficient (Wildman–Crippen LogP) is 1.42. The lowest BCUT2D eigenvalue weighted by atomic mass is 10.3. The van der Waals surface area contributed by atoms with E-state index in [-0.39, 0.29) is 11.9 Å². The zero-order valence-electron chi connectivity index (χ0n) is 10.9. The molecule has 0 radical (unpaired) electrons. The van der Waals surface area contributed by atoms with E-state index in [0.29, 0.717) is 13.0 Å². The molecule has 5 heteroatoms. The number of carbonyl (C=O) groups excluding carboxylic acids is 1. The number of nitrogens with one attached hydrogen (secondary N) is 2. The van der Waals surface area contributed by atoms with Crippen molar-refractivity contribution in [1.82, 2.24) is 15.3 Å². The molecule has 0 unspecified atom stereocenters. The van der Waals surface area contributed by atoms with Crippen LogP contribution in [-0.4, -0.2) is 28.5 Å². The fourth-order valence-electron chi connectivity index (χ4n) is 1.51. The van der Waals surface area contributed by atoms with Crippen LogP contribution in [0.2, 0.25) is 0 Å². The summed E-state index contributed by atoms with van der Waals surface area (Å²) in [6.07, 6.45) is 0.445. The average molecular weight is 236 g/mol. The van der Waals surface area contributed by atoms with Crippen LogP contribution < -0.4 is 10.6 Å². The lowest BCUT2D eigenvalue weighted by Crippen LogP contribution is -2.31. The molecular weight excluding hydrogens is 216 g/mol. The molecule has 94 valence electrons. The Morgan fingerprint density at radius 3 is 2.65 bits per heavy atom. The molecule has 17 heavy (non-hydrogen) atoms. The van der Waals surface area contributed by atoms with E-state index in [4.69, 9.17) is 0 Å². The molecule has 0 atom stereocenters. The van der Waals surface area contributed by atoms with Crippen molar-refractivity contribution in [1.29, 1.82) is 0 Å². The minimum absolute atomic E-state index is 0.0509. The van der Waals surface area contributed by atoms with Crippen molar-refractivity contribution in [2.75, 3.05) is 11.9 Å². The Morgan fingerprint density at radius 2 is 2.06 bits per heavy atom. The van der Waals surface area contributed by atoms with Gasteiger partial charge >= 0.3 is 0 Å². The second kappa shape index (κ2) is 6.18. The van der Waals surface area contributed by atoms with Crippen LogP contribution in [-0.2, 0) is 4.79 Å². The lowest BCUT2D eigenvalue weighted by molar-refractivity contribution is -0.121. The summed E-state index contributed by atoms with van der Waals surface area (Å²) in [7, 11) is 0. The number of carbonyl (C=O) groups is 1. The fraction of sp³-hybridized carbons (Fsp3) is 0.583. The summed E-state index contributed by atoms with van der Waals surface area (Å²) in [5.41, 5.74) is 0.923. The number of hydrogen-bond donors (Lipinski definition) is 2. The van der Waals surface area contributed by atoms with Gasteiger partial charge in [-0.25, -0.2) is 9.97 Å². The Hall–Kier alpha value is -1.65. The predicted molar refractivity (Wildman–Crippen MR) is 67.9 cm³/mol. The van der Waals surface area contributed by atoms with Gasteiger partial charge in [0.25, 0.3) is 0 Å². The molecule has 0 aliphatic carbocycles. The summed E-state index contributed by atoms with van der Waals surface area (Å²) in [4.78, 5) is 19.8. The first kappa shape index (κ1) is 13.4. The largest absolute Gasteiger partial charge is 0.369 e. The van der Waals surface area contributed by atoms with Crippen LogP contribution in [0.15, 0.2) is 6.07 Å². The molecule has 5 nitrogen and oxygen atoms in total. The normalized spacial score (nSPS) is 10.4. The maximum Gasteiger partial charge on any atom is 0.221 e. The molecular formula is C12H20N4O. The Morgan fingerprint density at radius 1 is 1.35 bits per heavy atom. The summed E-state index contributed by atoms with van der Waals surface area (Å²) in [6.45, 7) is 8.24. The minimum Gasteiger partial charge on any atom is -0.369 e. The number of nitrogens with zero attached hydrogens (tertiary/aromatic N) is 2. The highest BCUT2D eigenvalue weighted by Crippen LogP contribution is 2.05. The fourth-order valence-corrected chi connectivity index (χ4v) is 1.51. The molecule has 0 aliphatic rings. The molecule has 0 saturated heterocycles. The number of amides is 1. The number of aryl methyl sites for hydroxylation is 2. The molecule has 0 aliphatic heterocycles. The van der Waals surface area contributed by atoms with Crippen molar-refractivity contribution in [3.05, 3.63) is 17.6 Å². The third-order valence-corrected chi connectivity index (χ3v) is 2.07. The second-order valence-corrected chi connectivity index (χ2v) is 4.34. The van der Waals surface area contributed by atoms with Gasteiger partial charge in [-0.1, -0.05) is 0 Å². The van der Waals surface area contributed by atoms with Gasteiger partial charge in [0.15, 0.2) is 0 Å². The highest BCUT2D eigenvalue weighted by molar-refractivity contribution is 5.76. The van der Waals surface area contributed by atoms with E-state index in [1.165, 1.54) is 0 Å². The molecule has 1 aromatic heterocycles. The number of rotatable bonds is 5. The Bertz CT molecular complexity index is 370. The Balaban J connectivity index is 2.38. The van der Waals surface area contributed by atoms with E-state index < -0.39 is 0 Å². The van der Waals surface area contributed by atoms with Crippen LogP contribution in [0.3, 0.4) is 0 Å². The third-order valence-electron chi connectivity index (χ3n) is 2.07. The average Bonchev–Trinajstić information content (AvgIpc) is 2.14. The van der Waals surface area contributed by atoms with Gasteiger partial charge in [-0.3, -0.25) is 4.79 Å². The van der Waals surface area contributed by atoms with Gasteiger partial charge in [0, 0.05) is 30.8 Å². The van der Waals surface area contributed by atoms with E-state index in [9.17, 15) is 4.79 Å². The zero-order valence-corrected chi connectivity index (χ0v) is 10.9. The van der Waals surface area contributed by atoms with Gasteiger partial charge < -0.3 is 10.6 Å². The summed E-state index contributed by atoms with van der Waals surface area (Å²) >= 11 is 0. The number of hydrogen-bond acceptors (Lipinski definition) is 4. The van der Waals surface area contributed by atoms with E-state index >= 15 is 0 Å². The molecule has 1 amide bonds. The number of anilines is 1. The van der Waals surface area contributed by atoms with Crippen molar-refractivity contribution >= 4 is 11.7 Å². The summed E-state index contributed by atoms with van der Waals surface area (Å²) in [6, 6.07) is 2.05. The van der Waals surface area contributed by atoms with E-state index in [0.717, 1.165) is 17.3 Å². The summed E-state index contributed by atoms with van der Waals surface area (Å²) in [5.74, 6) is 1.56. The van der Waals surface area contributed by atoms with E-state index in [2.05, 4.69) is 20.6 Å². The highest BCUT2D eigenvalue weighted by atomic mass is 16.1. The lowest BCUT2D eigenvalue weighted by Gasteiger charge is -2.09. The smallest absolute Gasteiger partial charge is 0.221 e. The SMILES string of the molecule is Cc1cc(NCCC(=O)NC(C)C)nc(C)n1. The molecule has 0 aromatic carbocycles. The monoisotopic (exact) mass is 236 g/mol. The van der Waals surface area contributed by atoms with E-state index in [1.54, 1.807) is 0 Å². The molecule has 0 fully saturated rings. The minimum atomic E-state index is 0.0509. The molecule has 0 saturated carbocycles. The summed E-state index contributed by atoms with van der Waals surface area (Å²) in [5, 5.41) is 5.96. The van der Waals surface area contributed by atoms with Gasteiger partial charge in [0.05, 0.1) is 0 Å². The maximum absolute atomic E-state index is 11.4. The van der Waals surface area contributed by atoms with Gasteiger partial charge in [0.2, 0.25) is 5.91 Å². The van der Waals surface area contributed by atoms with Crippen molar-refractivity contribution < 1.29 is 4.79 Å². The quantitative estimate of drug-likeness (QED) is 0.811. The first-order valence-electron chi connectivity index (χ1n) is 5.83. The van der Waals surface area contributed by atoms with Gasteiger partial charge in [-0.05, 0) is 27.7 Å². The Labute approximate surface area is 102 Å². The Kier molecular flexibility index (Phi) is 4.87. The second-order valence-electron chi connectivity index (χ2n) is 4.34. The van der Waals surface area contributed by atoms with E-state index in [1.807, 2.05) is 33.8 Å². The highest BCUT2D eigenvalue weighted by Gasteiger charge is 2.03. The standard InChI is InChI=1S/C12H20N4O/c1-8(2)14-12(17)5-6-13-11-7-9(3)15-10(4)16-11/h7-8H,5-6H2,1-4H3,(H,14,17)(H,13,15,16). The maximum atomic E-state index is 11.4. The first-order valence-corrected chi connectivity index (χ1v) is 5.83. The number of aromatic nitrogens is 2. The van der Waals surface area contributed by atoms with Gasteiger partial charge in [-0.2, -0.15) is 0 Å². The molecule has 0 spiro atoms. The topological polar surface area (TPSA) is 66.9 Å². The first-order chi connectivity index (χ1) is 7.97. The van der Waals surface area contributed by atoms with Gasteiger partial charge in [0.1, 0.15) is 11.6 Å². The molecule has 1 aromatic rings. The third kappa shape index (κ3) is 5.29. The molecule has 2 N–H and O–H groups in total. The zero-order chi connectivity index (χ0) is 12.8. The van der Waals surface area contributed by atoms with Crippen molar-refractivity contribution in [2.24, 2.45) is 0 Å². The van der Waals surface area contributed by atoms with Gasteiger partial charge in [-0.15, -0.1) is 0 Å². The van der Waals surface area contributed by atoms with Crippen molar-refractivity contribution in [3.63, 3.8) is 0 Å². The van der Waals surface area contributed by atoms with Crippen LogP contribution in [0.4, 0.5) is 5.82 Å². The molecule has 1 heterocycles. The van der Waals surface area contributed by atoms with Crippen LogP contribution >= 0.6 is 0 Å². The van der Waals surface area contributed by atoms with Crippen LogP contribution in [0, 0.1) is 13.8 Å². The summed E-state index contributed by atoms with van der Waals surface area (Å²) < 4.78 is 0. The van der Waals surface area contributed by atoms with Crippen LogP contribution in [0.5, 0.6) is 0 Å².